The van der Waals surface area contributed by atoms with Gasteiger partial charge in [0.1, 0.15) is 11.3 Å². The lowest BCUT2D eigenvalue weighted by Crippen LogP contribution is -2.50. The highest BCUT2D eigenvalue weighted by molar-refractivity contribution is 6.48. The Labute approximate surface area is 166 Å². The summed E-state index contributed by atoms with van der Waals surface area (Å²) in [5, 5.41) is 52.9. The lowest BCUT2D eigenvalue weighted by atomic mass is 9.75. The Hall–Kier alpha value is -3.41. The number of aromatic hydroxyl groups is 1. The van der Waals surface area contributed by atoms with E-state index in [9.17, 15) is 30.0 Å². The van der Waals surface area contributed by atoms with Crippen molar-refractivity contribution in [3.63, 3.8) is 0 Å². The number of carbonyl (C=O) groups excluding carboxylic acids is 1. The topological polar surface area (TPSA) is 186 Å². The molecule has 8 N–H and O–H groups in total. The molecule has 2 aromatic rings. The van der Waals surface area contributed by atoms with E-state index in [2.05, 4.69) is 10.5 Å². The average Bonchev–Trinajstić information content (AvgIpc) is 2.69. The van der Waals surface area contributed by atoms with Crippen molar-refractivity contribution in [1.29, 1.82) is 0 Å². The van der Waals surface area contributed by atoms with Crippen LogP contribution in [0.15, 0.2) is 47.6 Å². The number of nitrogens with one attached hydrogen (secondary N) is 1. The van der Waals surface area contributed by atoms with Crippen molar-refractivity contribution in [2.75, 3.05) is 0 Å². The highest BCUT2D eigenvalue weighted by atomic mass is 16.4. The fourth-order valence-corrected chi connectivity index (χ4v) is 2.67. The van der Waals surface area contributed by atoms with E-state index in [0.717, 1.165) is 5.56 Å². The summed E-state index contributed by atoms with van der Waals surface area (Å²) < 4.78 is 0. The van der Waals surface area contributed by atoms with Gasteiger partial charge in [0.05, 0.1) is 5.94 Å². The van der Waals surface area contributed by atoms with Gasteiger partial charge < -0.3 is 36.5 Å². The molecule has 29 heavy (non-hydrogen) atoms. The van der Waals surface area contributed by atoms with Crippen LogP contribution in [0.25, 0.3) is 0 Å². The van der Waals surface area contributed by atoms with Gasteiger partial charge in [-0.05, 0) is 23.6 Å². The molecule has 0 bridgehead atoms. The first-order valence-corrected chi connectivity index (χ1v) is 8.51. The van der Waals surface area contributed by atoms with Crippen molar-refractivity contribution in [2.45, 2.75) is 18.9 Å². The molecule has 0 aliphatic carbocycles. The van der Waals surface area contributed by atoms with Gasteiger partial charge in [-0.1, -0.05) is 41.6 Å². The molecule has 0 aliphatic heterocycles. The van der Waals surface area contributed by atoms with Gasteiger partial charge in [0.2, 0.25) is 0 Å². The zero-order chi connectivity index (χ0) is 21.6. The van der Waals surface area contributed by atoms with Crippen molar-refractivity contribution in [1.82, 2.24) is 5.32 Å². The zero-order valence-electron chi connectivity index (χ0n) is 15.2. The fraction of sp³-hybridized carbons (Fsp3) is 0.167. The quantitative estimate of drug-likeness (QED) is 0.133. The van der Waals surface area contributed by atoms with E-state index in [0.29, 0.717) is 0 Å². The van der Waals surface area contributed by atoms with Crippen LogP contribution in [0, 0.1) is 0 Å². The third kappa shape index (κ3) is 5.32. The van der Waals surface area contributed by atoms with Crippen molar-refractivity contribution in [3.05, 3.63) is 64.7 Å². The molecule has 0 aromatic heterocycles. The number of carboxylic acid groups (broad SMARTS) is 1. The maximum absolute atomic E-state index is 12.5. The summed E-state index contributed by atoms with van der Waals surface area (Å²) in [5.41, 5.74) is 5.92. The van der Waals surface area contributed by atoms with Gasteiger partial charge in [0, 0.05) is 12.1 Å². The number of carboxylic acids is 1. The molecule has 0 fully saturated rings. The van der Waals surface area contributed by atoms with Gasteiger partial charge in [0.15, 0.2) is 5.71 Å². The molecule has 0 spiro atoms. The molecule has 1 amide bonds. The summed E-state index contributed by atoms with van der Waals surface area (Å²) in [6.45, 7) is 0.287. The number of para-hydroxylation sites is 1. The predicted octanol–water partition coefficient (Wildman–Crippen LogP) is -0.533. The van der Waals surface area contributed by atoms with Crippen LogP contribution in [0.2, 0.25) is 0 Å². The van der Waals surface area contributed by atoms with Crippen LogP contribution in [-0.4, -0.2) is 56.1 Å². The monoisotopic (exact) mass is 401 g/mol. The number of nitrogens with two attached hydrogens (primary N) is 1. The molecule has 0 heterocycles. The summed E-state index contributed by atoms with van der Waals surface area (Å²) in [6, 6.07) is 10.3. The fourth-order valence-electron chi connectivity index (χ4n) is 2.67. The number of rotatable bonds is 8. The number of benzene rings is 2. The largest absolute Gasteiger partial charge is 0.507 e. The Morgan fingerprint density at radius 3 is 2.31 bits per heavy atom. The van der Waals surface area contributed by atoms with Crippen LogP contribution in [-0.2, 0) is 17.8 Å². The van der Waals surface area contributed by atoms with Crippen molar-refractivity contribution < 1.29 is 35.1 Å². The minimum Gasteiger partial charge on any atom is -0.507 e. The first kappa shape index (κ1) is 21.9. The number of phenols is 1. The summed E-state index contributed by atoms with van der Waals surface area (Å²) in [7, 11) is -2.04. The SMILES string of the molecule is NCc1ccc(/C(=N/O)C(=O)NC(Cc2cccc(C(=O)O)c2O)B(O)O)cc1. The van der Waals surface area contributed by atoms with Crippen LogP contribution < -0.4 is 11.1 Å². The Morgan fingerprint density at radius 2 is 1.79 bits per heavy atom. The molecule has 0 saturated carbocycles. The van der Waals surface area contributed by atoms with Gasteiger partial charge in [-0.2, -0.15) is 0 Å². The van der Waals surface area contributed by atoms with Gasteiger partial charge in [-0.3, -0.25) is 4.79 Å². The summed E-state index contributed by atoms with van der Waals surface area (Å²) in [6.07, 6.45) is -0.290. The summed E-state index contributed by atoms with van der Waals surface area (Å²) in [4.78, 5) is 23.6. The molecule has 10 nitrogen and oxygen atoms in total. The molecule has 152 valence electrons. The molecule has 0 aliphatic rings. The first-order valence-electron chi connectivity index (χ1n) is 8.51. The molecule has 0 saturated heterocycles. The van der Waals surface area contributed by atoms with E-state index in [1.165, 1.54) is 30.3 Å². The van der Waals surface area contributed by atoms with Crippen molar-refractivity contribution in [3.8, 4) is 5.75 Å². The predicted molar refractivity (Wildman–Crippen MR) is 104 cm³/mol. The lowest BCUT2D eigenvalue weighted by molar-refractivity contribution is -0.115. The third-order valence-corrected chi connectivity index (χ3v) is 4.24. The van der Waals surface area contributed by atoms with Gasteiger partial charge >= 0.3 is 13.1 Å². The number of hydrogen-bond acceptors (Lipinski definition) is 8. The van der Waals surface area contributed by atoms with Crippen molar-refractivity contribution >= 4 is 24.7 Å². The minimum atomic E-state index is -2.04. The van der Waals surface area contributed by atoms with Gasteiger partial charge in [-0.15, -0.1) is 0 Å². The molecule has 2 aromatic carbocycles. The van der Waals surface area contributed by atoms with E-state index >= 15 is 0 Å². The molecule has 11 heteroatoms. The number of nitrogens with zero attached hydrogens (tertiary/aromatic N) is 1. The molecule has 2 rings (SSSR count). The van der Waals surface area contributed by atoms with E-state index in [1.54, 1.807) is 12.1 Å². The lowest BCUT2D eigenvalue weighted by Gasteiger charge is -2.19. The van der Waals surface area contributed by atoms with E-state index < -0.39 is 30.7 Å². The minimum absolute atomic E-state index is 0.0816. The number of oxime groups is 1. The smallest absolute Gasteiger partial charge is 0.475 e. The number of aromatic carboxylic acids is 1. The summed E-state index contributed by atoms with van der Waals surface area (Å²) >= 11 is 0. The molecule has 0 radical (unpaired) electrons. The Bertz CT molecular complexity index is 916. The highest BCUT2D eigenvalue weighted by Crippen LogP contribution is 2.24. The summed E-state index contributed by atoms with van der Waals surface area (Å²) in [5.74, 6) is -4.13. The van der Waals surface area contributed by atoms with Gasteiger partial charge in [0.25, 0.3) is 5.91 Å². The van der Waals surface area contributed by atoms with Gasteiger partial charge in [-0.25, -0.2) is 4.79 Å². The maximum atomic E-state index is 12.5. The molecular formula is C18H20BN3O7. The number of amides is 1. The van der Waals surface area contributed by atoms with Crippen molar-refractivity contribution in [2.24, 2.45) is 10.9 Å². The Kier molecular flexibility index (Phi) is 7.31. The van der Waals surface area contributed by atoms with Crippen LogP contribution in [0.3, 0.4) is 0 Å². The van der Waals surface area contributed by atoms with Crippen LogP contribution >= 0.6 is 0 Å². The third-order valence-electron chi connectivity index (χ3n) is 4.24. The van der Waals surface area contributed by atoms with E-state index in [4.69, 9.17) is 10.8 Å². The highest BCUT2D eigenvalue weighted by Gasteiger charge is 2.29. The number of hydrogen-bond donors (Lipinski definition) is 7. The molecule has 1 atom stereocenters. The van der Waals surface area contributed by atoms with Crippen LogP contribution in [0.1, 0.15) is 27.0 Å². The zero-order valence-corrected chi connectivity index (χ0v) is 15.2. The van der Waals surface area contributed by atoms with E-state index in [-0.39, 0.29) is 35.4 Å². The molecule has 1 unspecified atom stereocenters. The first-order chi connectivity index (χ1) is 13.8. The molecular weight excluding hydrogens is 381 g/mol. The van der Waals surface area contributed by atoms with E-state index in [1.807, 2.05) is 0 Å². The normalized spacial score (nSPS) is 12.3. The second kappa shape index (κ2) is 9.69. The van der Waals surface area contributed by atoms with Crippen LogP contribution in [0.5, 0.6) is 5.75 Å². The standard InChI is InChI=1S/C18H20BN3O7/c20-9-10-4-6-11(7-5-10)15(22-29)17(24)21-14(19(27)28)8-12-2-1-3-13(16(12)23)18(25)26/h1-7,14,23,27-29H,8-9,20H2,(H,21,24)(H,25,26)/b22-15-. The second-order valence-electron chi connectivity index (χ2n) is 6.17. The Morgan fingerprint density at radius 1 is 1.14 bits per heavy atom. The number of carbonyl (C=O) groups is 2. The average molecular weight is 401 g/mol. The Balaban J connectivity index is 2.22. The second-order valence-corrected chi connectivity index (χ2v) is 6.17. The maximum Gasteiger partial charge on any atom is 0.475 e. The van der Waals surface area contributed by atoms with Crippen LogP contribution in [0.4, 0.5) is 0 Å².